The van der Waals surface area contributed by atoms with E-state index in [4.69, 9.17) is 5.64 Å². The Labute approximate surface area is 90.9 Å². The lowest BCUT2D eigenvalue weighted by atomic mass is 9.38. The molecule has 2 unspecified atom stereocenters. The Bertz CT molecular complexity index is 129. The quantitative estimate of drug-likeness (QED) is 0.644. The molecule has 84 valence electrons. The highest BCUT2D eigenvalue weighted by Gasteiger charge is 2.31. The predicted molar refractivity (Wildman–Crippen MR) is 67.7 cm³/mol. The molecule has 0 aliphatic heterocycles. The van der Waals surface area contributed by atoms with Crippen molar-refractivity contribution < 1.29 is 0 Å². The molecule has 0 radical (unpaired) electrons. The van der Waals surface area contributed by atoms with Crippen molar-refractivity contribution in [3.8, 4) is 0 Å². The van der Waals surface area contributed by atoms with Crippen LogP contribution in [-0.4, -0.2) is 6.85 Å². The number of hydrogen-bond donors (Lipinski definition) is 1. The van der Waals surface area contributed by atoms with Gasteiger partial charge in [-0.25, -0.2) is 0 Å². The fraction of sp³-hybridized carbons (Fsp3) is 1.00. The summed E-state index contributed by atoms with van der Waals surface area (Å²) in [4.78, 5) is 0. The summed E-state index contributed by atoms with van der Waals surface area (Å²) in [5.74, 6) is 2.79. The van der Waals surface area contributed by atoms with Crippen LogP contribution in [0.25, 0.3) is 0 Å². The zero-order valence-corrected chi connectivity index (χ0v) is 10.9. The van der Waals surface area contributed by atoms with Crippen LogP contribution in [-0.2, 0) is 0 Å². The second-order valence-corrected chi connectivity index (χ2v) is 5.21. The minimum Gasteiger partial charge on any atom is -0.369 e. The van der Waals surface area contributed by atoms with Crippen LogP contribution < -0.4 is 5.64 Å². The zero-order valence-electron chi connectivity index (χ0n) is 10.9. The van der Waals surface area contributed by atoms with Crippen molar-refractivity contribution in [1.29, 1.82) is 0 Å². The molecule has 0 spiro atoms. The summed E-state index contributed by atoms with van der Waals surface area (Å²) < 4.78 is 0. The molecule has 0 saturated heterocycles. The highest BCUT2D eigenvalue weighted by atomic mass is 14.5. The number of rotatable bonds is 6. The summed E-state index contributed by atoms with van der Waals surface area (Å²) in [6.07, 6.45) is 2.42. The molecule has 1 nitrogen and oxygen atoms in total. The van der Waals surface area contributed by atoms with E-state index in [1.807, 2.05) is 0 Å². The van der Waals surface area contributed by atoms with Gasteiger partial charge in [-0.1, -0.05) is 54.4 Å². The topological polar surface area (TPSA) is 26.0 Å². The Balaban J connectivity index is 4.44. The van der Waals surface area contributed by atoms with Gasteiger partial charge in [0.15, 0.2) is 0 Å². The zero-order chi connectivity index (χ0) is 11.3. The predicted octanol–water partition coefficient (Wildman–Crippen LogP) is 3.81. The van der Waals surface area contributed by atoms with Crippen LogP contribution in [0.15, 0.2) is 0 Å². The molecule has 0 aliphatic rings. The molecule has 0 aliphatic carbocycles. The van der Waals surface area contributed by atoms with Crippen LogP contribution in [0.2, 0.25) is 11.6 Å². The normalized spacial score (nSPS) is 16.1. The van der Waals surface area contributed by atoms with Crippen LogP contribution >= 0.6 is 0 Å². The molecule has 2 heteroatoms. The Kier molecular flexibility index (Phi) is 6.51. The Morgan fingerprint density at radius 1 is 0.857 bits per heavy atom. The van der Waals surface area contributed by atoms with E-state index in [1.165, 1.54) is 12.8 Å². The van der Waals surface area contributed by atoms with E-state index in [-0.39, 0.29) is 0 Å². The summed E-state index contributed by atoms with van der Waals surface area (Å²) in [5, 5.41) is 0. The molecular weight excluding hydrogens is 169 g/mol. The van der Waals surface area contributed by atoms with E-state index in [0.29, 0.717) is 30.3 Å². The number of nitrogens with two attached hydrogens (primary N) is 1. The standard InChI is InChI=1S/C12H28BN/c1-7-11(9(3)4)13(14)12(8-2)10(5)6/h9-12H,7-8,14H2,1-6H3. The van der Waals surface area contributed by atoms with Gasteiger partial charge in [-0.2, -0.15) is 0 Å². The third-order valence-corrected chi connectivity index (χ3v) is 3.64. The van der Waals surface area contributed by atoms with Gasteiger partial charge >= 0.3 is 0 Å². The maximum Gasteiger partial charge on any atom is 0.224 e. The van der Waals surface area contributed by atoms with Gasteiger partial charge in [-0.3, -0.25) is 0 Å². The molecular formula is C12H28BN. The third kappa shape index (κ3) is 3.64. The van der Waals surface area contributed by atoms with Crippen LogP contribution in [0.4, 0.5) is 0 Å². The molecule has 0 rings (SSSR count). The molecule has 0 aromatic rings. The first kappa shape index (κ1) is 14.0. The number of hydrogen-bond acceptors (Lipinski definition) is 1. The minimum atomic E-state index is 0.380. The summed E-state index contributed by atoms with van der Waals surface area (Å²) >= 11 is 0. The van der Waals surface area contributed by atoms with E-state index in [9.17, 15) is 0 Å². The summed E-state index contributed by atoms with van der Waals surface area (Å²) in [6, 6.07) is 0. The Morgan fingerprint density at radius 2 is 1.14 bits per heavy atom. The largest absolute Gasteiger partial charge is 0.369 e. The van der Waals surface area contributed by atoms with Gasteiger partial charge in [-0.05, 0) is 23.5 Å². The van der Waals surface area contributed by atoms with Gasteiger partial charge in [-0.15, -0.1) is 0 Å². The van der Waals surface area contributed by atoms with Gasteiger partial charge in [0.1, 0.15) is 0 Å². The molecule has 0 aromatic carbocycles. The van der Waals surface area contributed by atoms with Crippen molar-refractivity contribution in [3.05, 3.63) is 0 Å². The van der Waals surface area contributed by atoms with Crippen LogP contribution in [0.1, 0.15) is 54.4 Å². The first-order valence-electron chi connectivity index (χ1n) is 6.21. The Morgan fingerprint density at radius 3 is 1.29 bits per heavy atom. The monoisotopic (exact) mass is 197 g/mol. The maximum atomic E-state index is 6.39. The highest BCUT2D eigenvalue weighted by Crippen LogP contribution is 2.34. The first-order chi connectivity index (χ1) is 6.45. The van der Waals surface area contributed by atoms with Crippen molar-refractivity contribution in [2.24, 2.45) is 17.5 Å². The maximum absolute atomic E-state index is 6.39. The van der Waals surface area contributed by atoms with Gasteiger partial charge in [0, 0.05) is 0 Å². The van der Waals surface area contributed by atoms with E-state index >= 15 is 0 Å². The van der Waals surface area contributed by atoms with Crippen molar-refractivity contribution in [2.45, 2.75) is 66.0 Å². The van der Waals surface area contributed by atoms with E-state index < -0.39 is 0 Å². The van der Waals surface area contributed by atoms with Gasteiger partial charge in [0.2, 0.25) is 6.85 Å². The van der Waals surface area contributed by atoms with Crippen molar-refractivity contribution in [1.82, 2.24) is 0 Å². The fourth-order valence-electron chi connectivity index (χ4n) is 2.69. The molecule has 14 heavy (non-hydrogen) atoms. The minimum absolute atomic E-state index is 0.380. The highest BCUT2D eigenvalue weighted by molar-refractivity contribution is 6.58. The first-order valence-corrected chi connectivity index (χ1v) is 6.21. The molecule has 0 fully saturated rings. The van der Waals surface area contributed by atoms with Crippen LogP contribution in [0.5, 0.6) is 0 Å². The molecule has 0 saturated carbocycles. The van der Waals surface area contributed by atoms with E-state index in [1.54, 1.807) is 0 Å². The molecule has 2 N–H and O–H groups in total. The third-order valence-electron chi connectivity index (χ3n) is 3.64. The van der Waals surface area contributed by atoms with Gasteiger partial charge in [0.05, 0.1) is 0 Å². The molecule has 2 atom stereocenters. The smallest absolute Gasteiger partial charge is 0.224 e. The average Bonchev–Trinajstić information content (AvgIpc) is 2.04. The summed E-state index contributed by atoms with van der Waals surface area (Å²) in [6.45, 7) is 14.1. The van der Waals surface area contributed by atoms with Crippen LogP contribution in [0.3, 0.4) is 0 Å². The molecule has 0 bridgehead atoms. The van der Waals surface area contributed by atoms with E-state index in [2.05, 4.69) is 41.5 Å². The molecule has 0 aromatic heterocycles. The lowest BCUT2D eigenvalue weighted by Gasteiger charge is -2.31. The lowest BCUT2D eigenvalue weighted by Crippen LogP contribution is -2.40. The fourth-order valence-corrected chi connectivity index (χ4v) is 2.69. The lowest BCUT2D eigenvalue weighted by molar-refractivity contribution is 0.510. The van der Waals surface area contributed by atoms with Crippen LogP contribution in [0, 0.1) is 11.8 Å². The molecule has 0 amide bonds. The second kappa shape index (κ2) is 6.50. The van der Waals surface area contributed by atoms with Gasteiger partial charge in [0.25, 0.3) is 0 Å². The summed E-state index contributed by atoms with van der Waals surface area (Å²) in [5.41, 5.74) is 6.39. The van der Waals surface area contributed by atoms with E-state index in [0.717, 1.165) is 0 Å². The van der Waals surface area contributed by atoms with Crippen molar-refractivity contribution in [2.75, 3.05) is 0 Å². The summed E-state index contributed by atoms with van der Waals surface area (Å²) in [7, 11) is 0. The van der Waals surface area contributed by atoms with Gasteiger partial charge < -0.3 is 5.64 Å². The van der Waals surface area contributed by atoms with Crippen molar-refractivity contribution in [3.63, 3.8) is 0 Å². The SMILES string of the molecule is CCC(B(N)C(CC)C(C)C)C(C)C. The average molecular weight is 197 g/mol. The molecule has 0 heterocycles. The van der Waals surface area contributed by atoms with Crippen molar-refractivity contribution >= 4 is 6.85 Å². The second-order valence-electron chi connectivity index (χ2n) is 5.21. The Hall–Kier alpha value is 0.0249.